The first kappa shape index (κ1) is 35.5. The fraction of sp³-hybridized carbons (Fsp3) is 0.515. The van der Waals surface area contributed by atoms with E-state index in [1.807, 2.05) is 0 Å². The van der Waals surface area contributed by atoms with Crippen LogP contribution in [0, 0.1) is 5.92 Å². The number of amides is 2. The van der Waals surface area contributed by atoms with Gasteiger partial charge in [-0.1, -0.05) is 80.9 Å². The smallest absolute Gasteiger partial charge is 0.412 e. The maximum Gasteiger partial charge on any atom is 0.412 e. The van der Waals surface area contributed by atoms with Crippen LogP contribution in [0.2, 0.25) is 0 Å². The topological polar surface area (TPSA) is 184 Å². The number of hydrogen-bond acceptors (Lipinski definition) is 10. The normalized spacial score (nSPS) is 15.9. The van der Waals surface area contributed by atoms with Gasteiger partial charge in [0.1, 0.15) is 12.1 Å². The average Bonchev–Trinajstić information content (AvgIpc) is 3.03. The van der Waals surface area contributed by atoms with Crippen LogP contribution in [0.5, 0.6) is 0 Å². The van der Waals surface area contributed by atoms with Gasteiger partial charge in [0, 0.05) is 32.9 Å². The largest absolute Gasteiger partial charge is 0.460 e. The Labute approximate surface area is 264 Å². The molecule has 45 heavy (non-hydrogen) atoms. The number of nitrogens with one attached hydrogen (secondary N) is 1. The summed E-state index contributed by atoms with van der Waals surface area (Å²) in [5.41, 5.74) is 10.2. The highest BCUT2D eigenvalue weighted by molar-refractivity contribution is 5.87. The Bertz CT molecular complexity index is 1210. The lowest BCUT2D eigenvalue weighted by Gasteiger charge is -2.34. The first-order valence-electron chi connectivity index (χ1n) is 15.4. The SMILES string of the molecule is CC(OC(=O)[C@H](NC(=O)[C@@H](N)CCCCN)C(C)C)OC(=O)N1CCC(OC(=O)C(O)(c2ccccc2)c2ccccc2)CC1. The fourth-order valence-corrected chi connectivity index (χ4v) is 5.03. The predicted molar refractivity (Wildman–Crippen MR) is 166 cm³/mol. The van der Waals surface area contributed by atoms with Crippen LogP contribution in [-0.4, -0.2) is 78.1 Å². The molecule has 2 aromatic carbocycles. The summed E-state index contributed by atoms with van der Waals surface area (Å²) in [4.78, 5) is 53.0. The number of likely N-dealkylation sites (tertiary alicyclic amines) is 1. The lowest BCUT2D eigenvalue weighted by Crippen LogP contribution is -2.51. The third-order valence-corrected chi connectivity index (χ3v) is 7.73. The van der Waals surface area contributed by atoms with Crippen molar-refractivity contribution in [1.29, 1.82) is 0 Å². The quantitative estimate of drug-likeness (QED) is 0.138. The molecule has 246 valence electrons. The van der Waals surface area contributed by atoms with Crippen molar-refractivity contribution in [3.63, 3.8) is 0 Å². The fourth-order valence-electron chi connectivity index (χ4n) is 5.03. The van der Waals surface area contributed by atoms with Crippen molar-refractivity contribution in [2.45, 2.75) is 83.0 Å². The van der Waals surface area contributed by atoms with Crippen molar-refractivity contribution >= 4 is 23.9 Å². The zero-order valence-electron chi connectivity index (χ0n) is 26.2. The number of carbonyl (C=O) groups is 4. The highest BCUT2D eigenvalue weighted by Gasteiger charge is 2.43. The minimum atomic E-state index is -2.00. The molecule has 0 spiro atoms. The number of hydrogen-bond donors (Lipinski definition) is 4. The molecule has 1 saturated heterocycles. The number of nitrogens with zero attached hydrogens (tertiary/aromatic N) is 1. The summed E-state index contributed by atoms with van der Waals surface area (Å²) in [6, 6.07) is 15.4. The summed E-state index contributed by atoms with van der Waals surface area (Å²) in [6.07, 6.45) is 0.0670. The van der Waals surface area contributed by atoms with Gasteiger partial charge in [0.25, 0.3) is 0 Å². The first-order valence-corrected chi connectivity index (χ1v) is 15.4. The maximum absolute atomic E-state index is 13.4. The summed E-state index contributed by atoms with van der Waals surface area (Å²) >= 11 is 0. The standard InChI is InChI=1S/C33H46N4O8/c1-22(2)28(36-29(38)27(35)16-10-11-19-34)30(39)43-23(3)44-32(41)37-20-17-26(18-21-37)45-31(40)33(42,24-12-6-4-7-13-24)25-14-8-5-9-15-25/h4-9,12-15,22-23,26-28,42H,10-11,16-21,34-35H2,1-3H3,(H,36,38)/t23?,27-,28+/m0/s1. The highest BCUT2D eigenvalue weighted by atomic mass is 16.7. The number of esters is 2. The summed E-state index contributed by atoms with van der Waals surface area (Å²) in [7, 11) is 0. The molecule has 12 nitrogen and oxygen atoms in total. The molecule has 3 rings (SSSR count). The first-order chi connectivity index (χ1) is 21.5. The zero-order chi connectivity index (χ0) is 33.0. The Hall–Kier alpha value is -4.00. The molecular weight excluding hydrogens is 580 g/mol. The van der Waals surface area contributed by atoms with E-state index in [2.05, 4.69) is 5.32 Å². The van der Waals surface area contributed by atoms with Crippen LogP contribution in [0.4, 0.5) is 4.79 Å². The molecule has 0 aromatic heterocycles. The Morgan fingerprint density at radius 2 is 1.49 bits per heavy atom. The molecule has 12 heteroatoms. The number of unbranched alkanes of at least 4 members (excludes halogenated alkanes) is 1. The molecular formula is C33H46N4O8. The Balaban J connectivity index is 1.51. The molecule has 1 aliphatic heterocycles. The number of ether oxygens (including phenoxy) is 3. The molecule has 0 aliphatic carbocycles. The van der Waals surface area contributed by atoms with Gasteiger partial charge in [-0.25, -0.2) is 14.4 Å². The van der Waals surface area contributed by atoms with Gasteiger partial charge in [0.2, 0.25) is 17.8 Å². The van der Waals surface area contributed by atoms with Gasteiger partial charge < -0.3 is 41.0 Å². The molecule has 1 aliphatic rings. The van der Waals surface area contributed by atoms with E-state index in [0.29, 0.717) is 43.4 Å². The number of carbonyl (C=O) groups excluding carboxylic acids is 4. The molecule has 0 radical (unpaired) electrons. The molecule has 6 N–H and O–H groups in total. The van der Waals surface area contributed by atoms with Crippen molar-refractivity contribution in [1.82, 2.24) is 10.2 Å². The molecule has 0 bridgehead atoms. The van der Waals surface area contributed by atoms with Crippen molar-refractivity contribution in [2.75, 3.05) is 19.6 Å². The van der Waals surface area contributed by atoms with E-state index in [-0.39, 0.29) is 19.0 Å². The summed E-state index contributed by atoms with van der Waals surface area (Å²) < 4.78 is 16.4. The number of nitrogens with two attached hydrogens (primary N) is 2. The lowest BCUT2D eigenvalue weighted by atomic mass is 9.86. The van der Waals surface area contributed by atoms with Crippen molar-refractivity contribution in [3.8, 4) is 0 Å². The lowest BCUT2D eigenvalue weighted by molar-refractivity contribution is -0.172. The Kier molecular flexibility index (Phi) is 13.3. The van der Waals surface area contributed by atoms with E-state index in [9.17, 15) is 24.3 Å². The zero-order valence-corrected chi connectivity index (χ0v) is 26.2. The van der Waals surface area contributed by atoms with Gasteiger partial charge in [0.15, 0.2) is 0 Å². The number of piperidine rings is 1. The maximum atomic E-state index is 13.4. The van der Waals surface area contributed by atoms with Gasteiger partial charge in [0.05, 0.1) is 6.04 Å². The van der Waals surface area contributed by atoms with Gasteiger partial charge in [-0.05, 0) is 36.4 Å². The summed E-state index contributed by atoms with van der Waals surface area (Å²) in [5, 5.41) is 14.3. The molecule has 1 unspecified atom stereocenters. The van der Waals surface area contributed by atoms with Gasteiger partial charge >= 0.3 is 18.0 Å². The van der Waals surface area contributed by atoms with Crippen molar-refractivity contribution in [3.05, 3.63) is 71.8 Å². The Morgan fingerprint density at radius 1 is 0.933 bits per heavy atom. The van der Waals surface area contributed by atoms with Crippen LogP contribution in [0.25, 0.3) is 0 Å². The molecule has 0 saturated carbocycles. The summed E-state index contributed by atoms with van der Waals surface area (Å²) in [5.74, 6) is -2.32. The van der Waals surface area contributed by atoms with E-state index in [1.54, 1.807) is 74.5 Å². The average molecular weight is 627 g/mol. The molecule has 1 fully saturated rings. The van der Waals surface area contributed by atoms with Gasteiger partial charge in [-0.15, -0.1) is 0 Å². The minimum Gasteiger partial charge on any atom is -0.460 e. The monoisotopic (exact) mass is 626 g/mol. The van der Waals surface area contributed by atoms with Crippen LogP contribution >= 0.6 is 0 Å². The third kappa shape index (κ3) is 9.74. The van der Waals surface area contributed by atoms with Gasteiger partial charge in [-0.3, -0.25) is 4.79 Å². The van der Waals surface area contributed by atoms with Gasteiger partial charge in [-0.2, -0.15) is 0 Å². The van der Waals surface area contributed by atoms with E-state index in [4.69, 9.17) is 25.7 Å². The second-order valence-corrected chi connectivity index (χ2v) is 11.5. The third-order valence-electron chi connectivity index (χ3n) is 7.73. The highest BCUT2D eigenvalue weighted by Crippen LogP contribution is 2.32. The molecule has 3 atom stereocenters. The van der Waals surface area contributed by atoms with E-state index < -0.39 is 54.0 Å². The van der Waals surface area contributed by atoms with E-state index in [0.717, 1.165) is 6.42 Å². The second kappa shape index (κ2) is 16.9. The van der Waals surface area contributed by atoms with Crippen LogP contribution in [-0.2, 0) is 34.2 Å². The predicted octanol–water partition coefficient (Wildman–Crippen LogP) is 2.55. The van der Waals surface area contributed by atoms with E-state index in [1.165, 1.54) is 11.8 Å². The van der Waals surface area contributed by atoms with Crippen LogP contribution < -0.4 is 16.8 Å². The van der Waals surface area contributed by atoms with Crippen molar-refractivity contribution in [2.24, 2.45) is 17.4 Å². The molecule has 1 heterocycles. The van der Waals surface area contributed by atoms with Crippen LogP contribution in [0.15, 0.2) is 60.7 Å². The molecule has 2 amide bonds. The summed E-state index contributed by atoms with van der Waals surface area (Å²) in [6.45, 7) is 5.86. The Morgan fingerprint density at radius 3 is 2.00 bits per heavy atom. The number of rotatable bonds is 14. The minimum absolute atomic E-state index is 0.221. The van der Waals surface area contributed by atoms with Crippen molar-refractivity contribution < 1.29 is 38.5 Å². The van der Waals surface area contributed by atoms with E-state index >= 15 is 0 Å². The number of aliphatic hydroxyl groups is 1. The second-order valence-electron chi connectivity index (χ2n) is 11.5. The number of benzene rings is 2. The molecule has 2 aromatic rings. The van der Waals surface area contributed by atoms with Crippen LogP contribution in [0.1, 0.15) is 64.0 Å². The van der Waals surface area contributed by atoms with Crippen LogP contribution in [0.3, 0.4) is 0 Å².